The normalized spacial score (nSPS) is 9.90. The Labute approximate surface area is 125 Å². The van der Waals surface area contributed by atoms with E-state index >= 15 is 0 Å². The van der Waals surface area contributed by atoms with Gasteiger partial charge in [-0.3, -0.25) is 0 Å². The third kappa shape index (κ3) is 9.35. The summed E-state index contributed by atoms with van der Waals surface area (Å²) in [7, 11) is 0. The summed E-state index contributed by atoms with van der Waals surface area (Å²) in [6, 6.07) is 10.5. The Balaban J connectivity index is 0. The van der Waals surface area contributed by atoms with Crippen LogP contribution >= 0.6 is 0 Å². The van der Waals surface area contributed by atoms with Gasteiger partial charge in [0.05, 0.1) is 0 Å². The zero-order chi connectivity index (χ0) is 16.0. The van der Waals surface area contributed by atoms with Crippen molar-refractivity contribution in [3.05, 3.63) is 53.8 Å². The molecular weight excluding hydrogens is 244 g/mol. The van der Waals surface area contributed by atoms with E-state index in [0.29, 0.717) is 12.3 Å². The predicted octanol–water partition coefficient (Wildman–Crippen LogP) is 5.92. The molecule has 112 valence electrons. The van der Waals surface area contributed by atoms with Crippen LogP contribution < -0.4 is 0 Å². The molecule has 0 aromatic heterocycles. The van der Waals surface area contributed by atoms with Crippen LogP contribution in [0.25, 0.3) is 0 Å². The van der Waals surface area contributed by atoms with Gasteiger partial charge in [0.2, 0.25) is 0 Å². The fourth-order valence-corrected chi connectivity index (χ4v) is 1.60. The Morgan fingerprint density at radius 2 is 1.60 bits per heavy atom. The zero-order valence-electron chi connectivity index (χ0n) is 14.0. The number of rotatable bonds is 4. The van der Waals surface area contributed by atoms with Gasteiger partial charge in [0, 0.05) is 12.3 Å². The minimum absolute atomic E-state index is 0.255. The molecule has 0 amide bonds. The Bertz CT molecular complexity index is 397. The summed E-state index contributed by atoms with van der Waals surface area (Å²) in [5, 5.41) is 0. The lowest BCUT2D eigenvalue weighted by Gasteiger charge is -2.14. The number of hydrogen-bond donors (Lipinski definition) is 0. The Morgan fingerprint density at radius 3 is 1.90 bits per heavy atom. The first-order chi connectivity index (χ1) is 9.56. The van der Waals surface area contributed by atoms with Crippen LogP contribution in [0.1, 0.15) is 65.9 Å². The second kappa shape index (κ2) is 13.8. The molecule has 1 rings (SSSR count). The van der Waals surface area contributed by atoms with Crippen LogP contribution in [-0.2, 0) is 4.79 Å². The number of hydrogen-bond acceptors (Lipinski definition) is 1. The topological polar surface area (TPSA) is 17.1 Å². The standard InChI is InChI=1S/C13H16.C4H8O.C2H6/c1-4-11(3)13(5-2)12-9-7-6-8-10-12;1-3-4(2)5;1-2/h6-10,13H,1,5H2,2-3H3;3H2,1-2H3;1-2H3/t13-;;/m1../s1. The van der Waals surface area contributed by atoms with Crippen LogP contribution in [0.4, 0.5) is 0 Å². The molecule has 0 N–H and O–H groups in total. The van der Waals surface area contributed by atoms with E-state index in [0.717, 1.165) is 6.42 Å². The van der Waals surface area contributed by atoms with Gasteiger partial charge in [-0.1, -0.05) is 64.6 Å². The van der Waals surface area contributed by atoms with Gasteiger partial charge in [-0.2, -0.15) is 0 Å². The van der Waals surface area contributed by atoms with Gasteiger partial charge in [-0.15, -0.1) is 5.73 Å². The van der Waals surface area contributed by atoms with E-state index in [1.165, 1.54) is 11.1 Å². The van der Waals surface area contributed by atoms with E-state index in [2.05, 4.69) is 50.4 Å². The zero-order valence-corrected chi connectivity index (χ0v) is 14.0. The first-order valence-electron chi connectivity index (χ1n) is 7.47. The number of ketones is 1. The quantitative estimate of drug-likeness (QED) is 0.622. The summed E-state index contributed by atoms with van der Waals surface area (Å²) in [4.78, 5) is 9.81. The van der Waals surface area contributed by atoms with E-state index < -0.39 is 0 Å². The van der Waals surface area contributed by atoms with Crippen LogP contribution in [0.15, 0.2) is 48.2 Å². The minimum atomic E-state index is 0.255. The molecule has 1 heteroatoms. The lowest BCUT2D eigenvalue weighted by atomic mass is 9.90. The summed E-state index contributed by atoms with van der Waals surface area (Å²) >= 11 is 0. The summed E-state index contributed by atoms with van der Waals surface area (Å²) in [5.41, 5.74) is 5.57. The average molecular weight is 274 g/mol. The van der Waals surface area contributed by atoms with Crippen molar-refractivity contribution in [2.45, 2.75) is 60.3 Å². The van der Waals surface area contributed by atoms with Gasteiger partial charge < -0.3 is 4.79 Å². The van der Waals surface area contributed by atoms with E-state index in [-0.39, 0.29) is 5.78 Å². The summed E-state index contributed by atoms with van der Waals surface area (Å²) in [6.07, 6.45) is 1.78. The molecule has 1 nitrogen and oxygen atoms in total. The van der Waals surface area contributed by atoms with Crippen molar-refractivity contribution in [2.24, 2.45) is 0 Å². The van der Waals surface area contributed by atoms with E-state index in [9.17, 15) is 4.79 Å². The van der Waals surface area contributed by atoms with Crippen molar-refractivity contribution in [3.63, 3.8) is 0 Å². The smallest absolute Gasteiger partial charge is 0.129 e. The van der Waals surface area contributed by atoms with Crippen molar-refractivity contribution in [1.29, 1.82) is 0 Å². The third-order valence-electron chi connectivity index (χ3n) is 2.91. The van der Waals surface area contributed by atoms with Crippen LogP contribution in [0.5, 0.6) is 0 Å². The largest absolute Gasteiger partial charge is 0.300 e. The molecule has 0 fully saturated rings. The molecule has 0 bridgehead atoms. The summed E-state index contributed by atoms with van der Waals surface area (Å²) in [5.74, 6) is 0.740. The lowest BCUT2D eigenvalue weighted by molar-refractivity contribution is -0.116. The van der Waals surface area contributed by atoms with Crippen molar-refractivity contribution in [3.8, 4) is 0 Å². The van der Waals surface area contributed by atoms with Crippen molar-refractivity contribution >= 4 is 5.78 Å². The fourth-order valence-electron chi connectivity index (χ4n) is 1.60. The Kier molecular flexibility index (Phi) is 14.3. The molecule has 20 heavy (non-hydrogen) atoms. The molecular formula is C19H30O. The van der Waals surface area contributed by atoms with Crippen LogP contribution in [0.2, 0.25) is 0 Å². The Hall–Kier alpha value is -1.59. The molecule has 1 aromatic carbocycles. The number of carbonyl (C=O) groups is 1. The first-order valence-corrected chi connectivity index (χ1v) is 7.47. The molecule has 0 radical (unpaired) electrons. The summed E-state index contributed by atoms with van der Waals surface area (Å²) in [6.45, 7) is 15.4. The highest BCUT2D eigenvalue weighted by Crippen LogP contribution is 2.25. The van der Waals surface area contributed by atoms with Gasteiger partial charge in [-0.25, -0.2) is 0 Å². The second-order valence-corrected chi connectivity index (χ2v) is 4.29. The highest BCUT2D eigenvalue weighted by Gasteiger charge is 2.09. The maximum atomic E-state index is 9.81. The average Bonchev–Trinajstić information content (AvgIpc) is 2.51. The molecule has 0 saturated carbocycles. The second-order valence-electron chi connectivity index (χ2n) is 4.29. The van der Waals surface area contributed by atoms with Crippen molar-refractivity contribution in [2.75, 3.05) is 0 Å². The van der Waals surface area contributed by atoms with Gasteiger partial charge in [0.1, 0.15) is 5.78 Å². The molecule has 1 atom stereocenters. The SMILES string of the molecule is C=C=C(C)[C@@H](CC)c1ccccc1.CC.CCC(C)=O. The highest BCUT2D eigenvalue weighted by atomic mass is 16.1. The highest BCUT2D eigenvalue weighted by molar-refractivity contribution is 5.74. The van der Waals surface area contributed by atoms with E-state index in [1.54, 1.807) is 6.92 Å². The van der Waals surface area contributed by atoms with Crippen molar-refractivity contribution in [1.82, 2.24) is 0 Å². The molecule has 0 aliphatic carbocycles. The summed E-state index contributed by atoms with van der Waals surface area (Å²) < 4.78 is 0. The molecule has 0 aliphatic heterocycles. The predicted molar refractivity (Wildman–Crippen MR) is 90.1 cm³/mol. The van der Waals surface area contributed by atoms with E-state index in [4.69, 9.17) is 0 Å². The molecule has 1 aromatic rings. The lowest BCUT2D eigenvalue weighted by Crippen LogP contribution is -1.97. The third-order valence-corrected chi connectivity index (χ3v) is 2.91. The molecule has 0 unspecified atom stereocenters. The number of allylic oxidation sites excluding steroid dienone is 1. The Morgan fingerprint density at radius 1 is 1.15 bits per heavy atom. The maximum Gasteiger partial charge on any atom is 0.129 e. The van der Waals surface area contributed by atoms with Crippen molar-refractivity contribution < 1.29 is 4.79 Å². The monoisotopic (exact) mass is 274 g/mol. The van der Waals surface area contributed by atoms with Gasteiger partial charge >= 0.3 is 0 Å². The first kappa shape index (κ1) is 20.7. The molecule has 0 saturated heterocycles. The van der Waals surface area contributed by atoms with Crippen LogP contribution in [-0.4, -0.2) is 5.78 Å². The van der Waals surface area contributed by atoms with Crippen LogP contribution in [0.3, 0.4) is 0 Å². The fraction of sp³-hybridized carbons (Fsp3) is 0.474. The maximum absolute atomic E-state index is 9.81. The minimum Gasteiger partial charge on any atom is -0.300 e. The number of carbonyl (C=O) groups excluding carboxylic acids is 1. The van der Waals surface area contributed by atoms with Gasteiger partial charge in [-0.05, 0) is 31.4 Å². The number of benzene rings is 1. The van der Waals surface area contributed by atoms with Crippen LogP contribution in [0, 0.1) is 0 Å². The van der Waals surface area contributed by atoms with Gasteiger partial charge in [0.25, 0.3) is 0 Å². The number of Topliss-reactive ketones (excluding diaryl/α,β-unsaturated/α-hetero) is 1. The van der Waals surface area contributed by atoms with E-state index in [1.807, 2.05) is 26.8 Å². The van der Waals surface area contributed by atoms with Gasteiger partial charge in [0.15, 0.2) is 0 Å². The molecule has 0 aliphatic rings. The molecule has 0 heterocycles. The molecule has 0 spiro atoms.